The summed E-state index contributed by atoms with van der Waals surface area (Å²) < 4.78 is 5.43. The number of carbonyl (C=O) groups is 1. The summed E-state index contributed by atoms with van der Waals surface area (Å²) in [7, 11) is 0. The second-order valence-corrected chi connectivity index (χ2v) is 4.92. The van der Waals surface area contributed by atoms with Gasteiger partial charge in [0, 0.05) is 29.9 Å². The van der Waals surface area contributed by atoms with Crippen molar-refractivity contribution in [1.82, 2.24) is 4.90 Å². The smallest absolute Gasteiger partial charge is 0.254 e. The first-order chi connectivity index (χ1) is 10.1. The molecule has 0 aliphatic heterocycles. The summed E-state index contributed by atoms with van der Waals surface area (Å²) in [5.74, 6) is 0.473. The number of nitrogens with two attached hydrogens (primary N) is 1. The molecular formula is C16H26N2O3. The van der Waals surface area contributed by atoms with Gasteiger partial charge in [0.25, 0.3) is 5.91 Å². The minimum Gasteiger partial charge on any atom is -0.494 e. The Kier molecular flexibility index (Phi) is 7.02. The molecule has 0 unspecified atom stereocenters. The molecule has 21 heavy (non-hydrogen) atoms. The van der Waals surface area contributed by atoms with Gasteiger partial charge in [0.1, 0.15) is 5.75 Å². The zero-order valence-corrected chi connectivity index (χ0v) is 13.1. The quantitative estimate of drug-likeness (QED) is 0.721. The standard InChI is InChI=1S/C16H26N2O3/c1-4-14(5-2)18(7-8-19)16(20)12-9-13(17)11-15(10-12)21-6-3/h9-11,14,19H,4-8,17H2,1-3H3. The number of nitrogens with zero attached hydrogens (tertiary/aromatic N) is 1. The summed E-state index contributed by atoms with van der Waals surface area (Å²) in [6, 6.07) is 5.17. The van der Waals surface area contributed by atoms with Crippen LogP contribution in [0.5, 0.6) is 5.75 Å². The lowest BCUT2D eigenvalue weighted by atomic mass is 10.1. The third-order valence-corrected chi connectivity index (χ3v) is 3.47. The number of hydrogen-bond donors (Lipinski definition) is 2. The number of anilines is 1. The van der Waals surface area contributed by atoms with E-state index in [1.165, 1.54) is 0 Å². The second kappa shape index (κ2) is 8.52. The number of nitrogen functional groups attached to an aromatic ring is 1. The van der Waals surface area contributed by atoms with Crippen LogP contribution in [0.2, 0.25) is 0 Å². The summed E-state index contributed by atoms with van der Waals surface area (Å²) in [5, 5.41) is 9.22. The van der Waals surface area contributed by atoms with E-state index < -0.39 is 0 Å². The van der Waals surface area contributed by atoms with Crippen molar-refractivity contribution in [3.63, 3.8) is 0 Å². The minimum absolute atomic E-state index is 0.0527. The van der Waals surface area contributed by atoms with Crippen LogP contribution in [0, 0.1) is 0 Å². The van der Waals surface area contributed by atoms with Gasteiger partial charge in [-0.3, -0.25) is 4.79 Å². The Balaban J connectivity index is 3.07. The van der Waals surface area contributed by atoms with Crippen LogP contribution in [0.1, 0.15) is 44.0 Å². The highest BCUT2D eigenvalue weighted by Crippen LogP contribution is 2.22. The monoisotopic (exact) mass is 294 g/mol. The molecular weight excluding hydrogens is 268 g/mol. The first kappa shape index (κ1) is 17.3. The Morgan fingerprint density at radius 1 is 1.29 bits per heavy atom. The van der Waals surface area contributed by atoms with Crippen molar-refractivity contribution in [3.05, 3.63) is 23.8 Å². The van der Waals surface area contributed by atoms with Gasteiger partial charge >= 0.3 is 0 Å². The number of ether oxygens (including phenoxy) is 1. The first-order valence-corrected chi connectivity index (χ1v) is 7.52. The van der Waals surface area contributed by atoms with Crippen LogP contribution in [0.4, 0.5) is 5.69 Å². The molecule has 3 N–H and O–H groups in total. The summed E-state index contributed by atoms with van der Waals surface area (Å²) >= 11 is 0. The zero-order chi connectivity index (χ0) is 15.8. The molecule has 1 aromatic carbocycles. The van der Waals surface area contributed by atoms with E-state index in [-0.39, 0.29) is 18.6 Å². The fourth-order valence-corrected chi connectivity index (χ4v) is 2.45. The van der Waals surface area contributed by atoms with E-state index in [1.807, 2.05) is 20.8 Å². The van der Waals surface area contributed by atoms with Crippen LogP contribution >= 0.6 is 0 Å². The lowest BCUT2D eigenvalue weighted by molar-refractivity contribution is 0.0622. The molecule has 1 aromatic rings. The van der Waals surface area contributed by atoms with Gasteiger partial charge in [-0.1, -0.05) is 13.8 Å². The Hall–Kier alpha value is -1.75. The number of carbonyl (C=O) groups excluding carboxylic acids is 1. The molecule has 5 heteroatoms. The maximum Gasteiger partial charge on any atom is 0.254 e. The van der Waals surface area contributed by atoms with Crippen molar-refractivity contribution in [2.75, 3.05) is 25.5 Å². The normalized spacial score (nSPS) is 10.7. The van der Waals surface area contributed by atoms with Gasteiger partial charge in [0.05, 0.1) is 13.2 Å². The van der Waals surface area contributed by atoms with E-state index in [0.29, 0.717) is 30.2 Å². The highest BCUT2D eigenvalue weighted by atomic mass is 16.5. The van der Waals surface area contributed by atoms with Gasteiger partial charge in [-0.05, 0) is 31.9 Å². The molecule has 0 aliphatic rings. The molecule has 1 amide bonds. The van der Waals surface area contributed by atoms with Crippen LogP contribution in [0.25, 0.3) is 0 Å². The molecule has 0 aromatic heterocycles. The molecule has 5 nitrogen and oxygen atoms in total. The predicted molar refractivity (Wildman–Crippen MR) is 84.5 cm³/mol. The molecule has 0 atom stereocenters. The molecule has 1 rings (SSSR count). The maximum absolute atomic E-state index is 12.7. The summed E-state index contributed by atoms with van der Waals surface area (Å²) in [6.07, 6.45) is 1.70. The lowest BCUT2D eigenvalue weighted by Gasteiger charge is -2.30. The van der Waals surface area contributed by atoms with Crippen molar-refractivity contribution >= 4 is 11.6 Å². The average Bonchev–Trinajstić information content (AvgIpc) is 2.46. The Morgan fingerprint density at radius 2 is 1.95 bits per heavy atom. The molecule has 118 valence electrons. The van der Waals surface area contributed by atoms with Gasteiger partial charge < -0.3 is 20.5 Å². The molecule has 0 saturated heterocycles. The zero-order valence-electron chi connectivity index (χ0n) is 13.1. The highest BCUT2D eigenvalue weighted by molar-refractivity contribution is 5.95. The molecule has 0 fully saturated rings. The van der Waals surface area contributed by atoms with Gasteiger partial charge in [-0.2, -0.15) is 0 Å². The predicted octanol–water partition coefficient (Wildman–Crippen LogP) is 2.29. The maximum atomic E-state index is 12.7. The largest absolute Gasteiger partial charge is 0.494 e. The third kappa shape index (κ3) is 4.63. The summed E-state index contributed by atoms with van der Waals surface area (Å²) in [6.45, 7) is 6.75. The van der Waals surface area contributed by atoms with Crippen LogP contribution in [-0.4, -0.2) is 41.7 Å². The summed E-state index contributed by atoms with van der Waals surface area (Å²) in [5.41, 5.74) is 6.84. The van der Waals surface area contributed by atoms with Crippen molar-refractivity contribution < 1.29 is 14.6 Å². The van der Waals surface area contributed by atoms with E-state index in [2.05, 4.69) is 0 Å². The number of benzene rings is 1. The Morgan fingerprint density at radius 3 is 2.48 bits per heavy atom. The van der Waals surface area contributed by atoms with Crippen molar-refractivity contribution in [2.24, 2.45) is 0 Å². The third-order valence-electron chi connectivity index (χ3n) is 3.47. The van der Waals surface area contributed by atoms with Gasteiger partial charge in [-0.15, -0.1) is 0 Å². The number of amides is 1. The second-order valence-electron chi connectivity index (χ2n) is 4.92. The summed E-state index contributed by atoms with van der Waals surface area (Å²) in [4.78, 5) is 14.4. The van der Waals surface area contributed by atoms with Crippen molar-refractivity contribution in [1.29, 1.82) is 0 Å². The number of hydrogen-bond acceptors (Lipinski definition) is 4. The van der Waals surface area contributed by atoms with E-state index in [0.717, 1.165) is 12.8 Å². The van der Waals surface area contributed by atoms with Gasteiger partial charge in [-0.25, -0.2) is 0 Å². The first-order valence-electron chi connectivity index (χ1n) is 7.52. The van der Waals surface area contributed by atoms with Crippen LogP contribution in [0.3, 0.4) is 0 Å². The molecule has 0 bridgehead atoms. The van der Waals surface area contributed by atoms with Crippen molar-refractivity contribution in [2.45, 2.75) is 39.7 Å². The molecule has 0 spiro atoms. The molecule has 0 heterocycles. The van der Waals surface area contributed by atoms with Crippen LogP contribution < -0.4 is 10.5 Å². The fraction of sp³-hybridized carbons (Fsp3) is 0.562. The van der Waals surface area contributed by atoms with Gasteiger partial charge in [0.2, 0.25) is 0 Å². The Labute approximate surface area is 126 Å². The van der Waals surface area contributed by atoms with Crippen LogP contribution in [-0.2, 0) is 0 Å². The molecule has 0 saturated carbocycles. The average molecular weight is 294 g/mol. The lowest BCUT2D eigenvalue weighted by Crippen LogP contribution is -2.41. The highest BCUT2D eigenvalue weighted by Gasteiger charge is 2.22. The number of aliphatic hydroxyl groups is 1. The van der Waals surface area contributed by atoms with Crippen molar-refractivity contribution in [3.8, 4) is 5.75 Å². The van der Waals surface area contributed by atoms with Gasteiger partial charge in [0.15, 0.2) is 0 Å². The van der Waals surface area contributed by atoms with E-state index >= 15 is 0 Å². The number of rotatable bonds is 8. The number of aliphatic hydroxyl groups excluding tert-OH is 1. The topological polar surface area (TPSA) is 75.8 Å². The SMILES string of the molecule is CCOc1cc(N)cc(C(=O)N(CCO)C(CC)CC)c1. The molecule has 0 radical (unpaired) electrons. The fourth-order valence-electron chi connectivity index (χ4n) is 2.45. The van der Waals surface area contributed by atoms with E-state index in [4.69, 9.17) is 10.5 Å². The van der Waals surface area contributed by atoms with Crippen LogP contribution in [0.15, 0.2) is 18.2 Å². The minimum atomic E-state index is -0.119. The van der Waals surface area contributed by atoms with E-state index in [9.17, 15) is 9.90 Å². The molecule has 0 aliphatic carbocycles. The Bertz CT molecular complexity index is 459. The van der Waals surface area contributed by atoms with E-state index in [1.54, 1.807) is 23.1 Å².